The van der Waals surface area contributed by atoms with Gasteiger partial charge in [0, 0.05) is 12.6 Å². The first-order chi connectivity index (χ1) is 9.06. The molecule has 2 atom stereocenters. The number of carbonyl (C=O) groups is 1. The molecule has 0 aromatic carbocycles. The van der Waals surface area contributed by atoms with Crippen LogP contribution in [0.25, 0.3) is 0 Å². The van der Waals surface area contributed by atoms with Gasteiger partial charge in [-0.2, -0.15) is 5.10 Å². The third-order valence-corrected chi connectivity index (χ3v) is 4.22. The van der Waals surface area contributed by atoms with E-state index in [0.717, 1.165) is 31.5 Å². The fraction of sp³-hybridized carbons (Fsp3) is 0.714. The number of amides is 1. The van der Waals surface area contributed by atoms with Crippen LogP contribution in [-0.2, 0) is 6.42 Å². The van der Waals surface area contributed by atoms with Gasteiger partial charge in [-0.25, -0.2) is 0 Å². The normalized spacial score (nSPS) is 23.6. The van der Waals surface area contributed by atoms with E-state index in [9.17, 15) is 4.79 Å². The standard InChI is InChI=1S/C14H24N4O/c1-4-6-11-12(15)13(17-16-11)14(19)18-8-5-7-9(2)10(18)3/h9-10H,4-8,15H2,1-3H3,(H,16,17). The second kappa shape index (κ2) is 5.63. The highest BCUT2D eigenvalue weighted by Crippen LogP contribution is 2.26. The van der Waals surface area contributed by atoms with Crippen LogP contribution in [0.4, 0.5) is 5.69 Å². The summed E-state index contributed by atoms with van der Waals surface area (Å²) < 4.78 is 0. The molecule has 0 bridgehead atoms. The summed E-state index contributed by atoms with van der Waals surface area (Å²) in [6.45, 7) is 7.19. The van der Waals surface area contributed by atoms with E-state index in [-0.39, 0.29) is 11.9 Å². The third-order valence-electron chi connectivity index (χ3n) is 4.22. The molecule has 1 aromatic heterocycles. The summed E-state index contributed by atoms with van der Waals surface area (Å²) in [7, 11) is 0. The molecule has 1 saturated heterocycles. The molecule has 2 rings (SSSR count). The molecule has 1 fully saturated rings. The first kappa shape index (κ1) is 13.9. The monoisotopic (exact) mass is 264 g/mol. The Hall–Kier alpha value is -1.52. The Balaban J connectivity index is 2.19. The lowest BCUT2D eigenvalue weighted by atomic mass is 9.92. The van der Waals surface area contributed by atoms with Gasteiger partial charge in [-0.3, -0.25) is 9.89 Å². The maximum Gasteiger partial charge on any atom is 0.276 e. The Morgan fingerprint density at radius 3 is 2.95 bits per heavy atom. The van der Waals surface area contributed by atoms with Crippen molar-refractivity contribution in [2.45, 2.75) is 52.5 Å². The van der Waals surface area contributed by atoms with Gasteiger partial charge in [0.05, 0.1) is 11.4 Å². The smallest absolute Gasteiger partial charge is 0.276 e. The van der Waals surface area contributed by atoms with Crippen LogP contribution in [0.2, 0.25) is 0 Å². The molecular formula is C14H24N4O. The van der Waals surface area contributed by atoms with E-state index in [2.05, 4.69) is 31.0 Å². The third kappa shape index (κ3) is 2.60. The van der Waals surface area contributed by atoms with E-state index >= 15 is 0 Å². The summed E-state index contributed by atoms with van der Waals surface area (Å²) in [5.74, 6) is 0.503. The number of hydrogen-bond donors (Lipinski definition) is 2. The van der Waals surface area contributed by atoms with Gasteiger partial charge < -0.3 is 10.6 Å². The van der Waals surface area contributed by atoms with Crippen molar-refractivity contribution in [1.29, 1.82) is 0 Å². The topological polar surface area (TPSA) is 75.0 Å². The summed E-state index contributed by atoms with van der Waals surface area (Å²) in [6, 6.07) is 0.256. The maximum absolute atomic E-state index is 12.6. The molecule has 2 unspecified atom stereocenters. The van der Waals surface area contributed by atoms with Gasteiger partial charge in [0.15, 0.2) is 5.69 Å². The van der Waals surface area contributed by atoms with Crippen molar-refractivity contribution in [3.63, 3.8) is 0 Å². The molecule has 1 aromatic rings. The predicted molar refractivity (Wildman–Crippen MR) is 75.9 cm³/mol. The lowest BCUT2D eigenvalue weighted by Crippen LogP contribution is -2.46. The van der Waals surface area contributed by atoms with E-state index in [1.54, 1.807) is 0 Å². The quantitative estimate of drug-likeness (QED) is 0.879. The molecule has 1 aliphatic heterocycles. The van der Waals surface area contributed by atoms with E-state index in [0.29, 0.717) is 17.3 Å². The van der Waals surface area contributed by atoms with Gasteiger partial charge >= 0.3 is 0 Å². The number of anilines is 1. The summed E-state index contributed by atoms with van der Waals surface area (Å²) in [4.78, 5) is 14.5. The van der Waals surface area contributed by atoms with Crippen LogP contribution in [0.15, 0.2) is 0 Å². The number of carbonyl (C=O) groups excluding carboxylic acids is 1. The Morgan fingerprint density at radius 2 is 2.26 bits per heavy atom. The summed E-state index contributed by atoms with van der Waals surface area (Å²) in [5.41, 5.74) is 7.83. The van der Waals surface area contributed by atoms with Gasteiger partial charge in [-0.05, 0) is 32.1 Å². The maximum atomic E-state index is 12.6. The van der Waals surface area contributed by atoms with Crippen molar-refractivity contribution in [3.8, 4) is 0 Å². The first-order valence-corrected chi connectivity index (χ1v) is 7.19. The van der Waals surface area contributed by atoms with Gasteiger partial charge in [0.25, 0.3) is 5.91 Å². The van der Waals surface area contributed by atoms with Crippen molar-refractivity contribution >= 4 is 11.6 Å². The number of piperidine rings is 1. The highest BCUT2D eigenvalue weighted by Gasteiger charge is 2.31. The number of H-pyrrole nitrogens is 1. The molecule has 1 aliphatic rings. The number of nitrogens with zero attached hydrogens (tertiary/aromatic N) is 2. The zero-order chi connectivity index (χ0) is 14.0. The Bertz CT molecular complexity index is 454. The van der Waals surface area contributed by atoms with Gasteiger partial charge in [0.1, 0.15) is 0 Å². The molecule has 3 N–H and O–H groups in total. The molecule has 0 radical (unpaired) electrons. The Kier molecular flexibility index (Phi) is 4.12. The van der Waals surface area contributed by atoms with E-state index in [1.165, 1.54) is 6.42 Å². The second-order valence-corrected chi connectivity index (χ2v) is 5.57. The fourth-order valence-corrected chi connectivity index (χ4v) is 2.75. The summed E-state index contributed by atoms with van der Waals surface area (Å²) >= 11 is 0. The molecule has 2 heterocycles. The number of nitrogens with two attached hydrogens (primary N) is 1. The predicted octanol–water partition coefficient (Wildman–Crippen LogP) is 2.21. The van der Waals surface area contributed by atoms with Crippen LogP contribution >= 0.6 is 0 Å². The molecule has 19 heavy (non-hydrogen) atoms. The number of hydrogen-bond acceptors (Lipinski definition) is 3. The van der Waals surface area contributed by atoms with E-state index in [1.807, 2.05) is 4.90 Å². The highest BCUT2D eigenvalue weighted by molar-refractivity contribution is 5.97. The fourth-order valence-electron chi connectivity index (χ4n) is 2.75. The molecule has 106 valence electrons. The highest BCUT2D eigenvalue weighted by atomic mass is 16.2. The zero-order valence-corrected chi connectivity index (χ0v) is 12.1. The first-order valence-electron chi connectivity index (χ1n) is 7.19. The molecule has 5 heteroatoms. The summed E-state index contributed by atoms with van der Waals surface area (Å²) in [5, 5.41) is 7.03. The average Bonchev–Trinajstić information content (AvgIpc) is 2.74. The van der Waals surface area contributed by atoms with Crippen molar-refractivity contribution < 1.29 is 4.79 Å². The molecule has 1 amide bonds. The molecular weight excluding hydrogens is 240 g/mol. The van der Waals surface area contributed by atoms with Crippen LogP contribution < -0.4 is 5.73 Å². The van der Waals surface area contributed by atoms with Crippen molar-refractivity contribution in [2.24, 2.45) is 5.92 Å². The largest absolute Gasteiger partial charge is 0.395 e. The van der Waals surface area contributed by atoms with Crippen LogP contribution in [0.5, 0.6) is 0 Å². The van der Waals surface area contributed by atoms with Crippen molar-refractivity contribution in [2.75, 3.05) is 12.3 Å². The van der Waals surface area contributed by atoms with Crippen LogP contribution in [0, 0.1) is 5.92 Å². The van der Waals surface area contributed by atoms with Crippen LogP contribution in [0.1, 0.15) is 56.2 Å². The van der Waals surface area contributed by atoms with Crippen LogP contribution in [0.3, 0.4) is 0 Å². The average molecular weight is 264 g/mol. The second-order valence-electron chi connectivity index (χ2n) is 5.57. The number of likely N-dealkylation sites (tertiary alicyclic amines) is 1. The van der Waals surface area contributed by atoms with Gasteiger partial charge in [-0.1, -0.05) is 20.3 Å². The number of nitrogen functional groups attached to an aromatic ring is 1. The summed E-state index contributed by atoms with van der Waals surface area (Å²) in [6.07, 6.45) is 4.06. The zero-order valence-electron chi connectivity index (χ0n) is 12.1. The lowest BCUT2D eigenvalue weighted by Gasteiger charge is -2.37. The minimum Gasteiger partial charge on any atom is -0.395 e. The lowest BCUT2D eigenvalue weighted by molar-refractivity contribution is 0.0546. The molecule has 0 aliphatic carbocycles. The number of aromatic amines is 1. The number of aromatic nitrogens is 2. The van der Waals surface area contributed by atoms with E-state index < -0.39 is 0 Å². The van der Waals surface area contributed by atoms with Gasteiger partial charge in [-0.15, -0.1) is 0 Å². The molecule has 0 saturated carbocycles. The van der Waals surface area contributed by atoms with Crippen molar-refractivity contribution in [1.82, 2.24) is 15.1 Å². The van der Waals surface area contributed by atoms with Crippen molar-refractivity contribution in [3.05, 3.63) is 11.4 Å². The molecule has 0 spiro atoms. The van der Waals surface area contributed by atoms with Crippen LogP contribution in [-0.4, -0.2) is 33.6 Å². The molecule has 5 nitrogen and oxygen atoms in total. The number of nitrogens with one attached hydrogen (secondary N) is 1. The Labute approximate surface area is 114 Å². The minimum absolute atomic E-state index is 0.0323. The number of aryl methyl sites for hydroxylation is 1. The van der Waals surface area contributed by atoms with Gasteiger partial charge in [0.2, 0.25) is 0 Å². The van der Waals surface area contributed by atoms with E-state index in [4.69, 9.17) is 5.73 Å². The number of rotatable bonds is 3. The Morgan fingerprint density at radius 1 is 1.53 bits per heavy atom. The SMILES string of the molecule is CCCc1[nH]nc(C(=O)N2CCCC(C)C2C)c1N. The minimum atomic E-state index is -0.0323.